The molecule has 3 rings (SSSR count). The minimum Gasteiger partial charge on any atom is -0.497 e. The second kappa shape index (κ2) is 11.4. The van der Waals surface area contributed by atoms with Gasteiger partial charge >= 0.3 is 0 Å². The van der Waals surface area contributed by atoms with E-state index in [1.165, 1.54) is 0 Å². The number of hydrogen-bond donors (Lipinski definition) is 1. The van der Waals surface area contributed by atoms with Crippen LogP contribution in [0, 0.1) is 0 Å². The van der Waals surface area contributed by atoms with Crippen molar-refractivity contribution in [3.05, 3.63) is 18.3 Å². The summed E-state index contributed by atoms with van der Waals surface area (Å²) in [6.07, 6.45) is 2.41. The summed E-state index contributed by atoms with van der Waals surface area (Å²) in [4.78, 5) is 23.3. The van der Waals surface area contributed by atoms with E-state index in [1.807, 2.05) is 17.0 Å². The molecule has 7 nitrogen and oxygen atoms in total. The lowest BCUT2D eigenvalue weighted by atomic mass is 10.2. The maximum Gasteiger partial charge on any atom is 0.223 e. The number of amides is 1. The number of halogens is 2. The number of rotatable bonds is 5. The lowest BCUT2D eigenvalue weighted by molar-refractivity contribution is -0.132. The maximum atomic E-state index is 12.2. The summed E-state index contributed by atoms with van der Waals surface area (Å²) in [5.74, 6) is 2.09. The van der Waals surface area contributed by atoms with E-state index in [9.17, 15) is 4.79 Å². The number of methoxy groups -OCH3 is 1. The molecule has 0 bridgehead atoms. The van der Waals surface area contributed by atoms with Crippen molar-refractivity contribution >= 4 is 36.5 Å². The zero-order valence-corrected chi connectivity index (χ0v) is 16.9. The molecule has 3 heterocycles. The van der Waals surface area contributed by atoms with Gasteiger partial charge in [0.15, 0.2) is 0 Å². The molecule has 0 radical (unpaired) electrons. The van der Waals surface area contributed by atoms with E-state index in [1.54, 1.807) is 13.3 Å². The van der Waals surface area contributed by atoms with E-state index in [4.69, 9.17) is 4.74 Å². The Morgan fingerprint density at radius 3 is 2.50 bits per heavy atom. The molecule has 0 saturated carbocycles. The van der Waals surface area contributed by atoms with Crippen molar-refractivity contribution in [2.45, 2.75) is 6.42 Å². The normalized spacial score (nSPS) is 17.9. The third kappa shape index (κ3) is 6.16. The molecule has 0 aromatic carbocycles. The Hall–Kier alpha value is -1.28. The molecule has 1 amide bonds. The highest BCUT2D eigenvalue weighted by Crippen LogP contribution is 2.19. The minimum atomic E-state index is 0. The molecule has 1 N–H and O–H groups in total. The van der Waals surface area contributed by atoms with Gasteiger partial charge in [0.25, 0.3) is 0 Å². The molecular formula is C17H29Cl2N5O2. The van der Waals surface area contributed by atoms with E-state index in [0.717, 1.165) is 70.5 Å². The summed E-state index contributed by atoms with van der Waals surface area (Å²) in [5.41, 5.74) is 0. The van der Waals surface area contributed by atoms with Gasteiger partial charge in [-0.15, -0.1) is 24.8 Å². The molecule has 2 saturated heterocycles. The number of hydrogen-bond acceptors (Lipinski definition) is 6. The number of pyridine rings is 1. The lowest BCUT2D eigenvalue weighted by Gasteiger charge is -2.36. The van der Waals surface area contributed by atoms with Gasteiger partial charge in [-0.3, -0.25) is 9.69 Å². The van der Waals surface area contributed by atoms with Gasteiger partial charge in [0.2, 0.25) is 5.91 Å². The first-order valence-corrected chi connectivity index (χ1v) is 8.72. The number of anilines is 1. The van der Waals surface area contributed by atoms with Gasteiger partial charge in [0.05, 0.1) is 7.11 Å². The van der Waals surface area contributed by atoms with Gasteiger partial charge in [0, 0.05) is 77.6 Å². The Bertz CT molecular complexity index is 550. The number of nitrogens with one attached hydrogen (secondary N) is 1. The van der Waals surface area contributed by atoms with Gasteiger partial charge in [-0.05, 0) is 6.07 Å². The smallest absolute Gasteiger partial charge is 0.223 e. The van der Waals surface area contributed by atoms with E-state index >= 15 is 0 Å². The average molecular weight is 406 g/mol. The van der Waals surface area contributed by atoms with Crippen LogP contribution in [-0.4, -0.2) is 86.7 Å². The maximum absolute atomic E-state index is 12.2. The summed E-state index contributed by atoms with van der Waals surface area (Å²) in [5, 5.41) is 3.28. The molecule has 0 atom stereocenters. The Labute approximate surface area is 167 Å². The van der Waals surface area contributed by atoms with Crippen LogP contribution >= 0.6 is 24.8 Å². The molecule has 148 valence electrons. The average Bonchev–Trinajstić information content (AvgIpc) is 2.67. The predicted octanol–water partition coefficient (Wildman–Crippen LogP) is 0.878. The van der Waals surface area contributed by atoms with Crippen LogP contribution in [0.3, 0.4) is 0 Å². The van der Waals surface area contributed by atoms with Gasteiger partial charge in [-0.2, -0.15) is 0 Å². The fraction of sp³-hybridized carbons (Fsp3) is 0.647. The fourth-order valence-electron chi connectivity index (χ4n) is 3.23. The Morgan fingerprint density at radius 2 is 1.85 bits per heavy atom. The van der Waals surface area contributed by atoms with Crippen LogP contribution in [0.25, 0.3) is 0 Å². The molecular weight excluding hydrogens is 377 g/mol. The highest BCUT2D eigenvalue weighted by atomic mass is 35.5. The van der Waals surface area contributed by atoms with E-state index in [0.29, 0.717) is 6.42 Å². The first-order valence-electron chi connectivity index (χ1n) is 8.72. The third-order valence-corrected chi connectivity index (χ3v) is 4.76. The molecule has 0 spiro atoms. The second-order valence-electron chi connectivity index (χ2n) is 6.26. The van der Waals surface area contributed by atoms with Gasteiger partial charge in [-0.1, -0.05) is 0 Å². The van der Waals surface area contributed by atoms with Crippen LogP contribution in [0.2, 0.25) is 0 Å². The number of piperazine rings is 2. The molecule has 9 heteroatoms. The quantitative estimate of drug-likeness (QED) is 0.784. The van der Waals surface area contributed by atoms with Gasteiger partial charge in [0.1, 0.15) is 11.6 Å². The monoisotopic (exact) mass is 405 g/mol. The van der Waals surface area contributed by atoms with E-state index in [-0.39, 0.29) is 30.7 Å². The van der Waals surface area contributed by atoms with E-state index < -0.39 is 0 Å². The number of carbonyl (C=O) groups is 1. The number of carbonyl (C=O) groups excluding carboxylic acids is 1. The number of aromatic nitrogens is 1. The highest BCUT2D eigenvalue weighted by molar-refractivity contribution is 5.85. The molecule has 0 aliphatic carbocycles. The predicted molar refractivity (Wildman–Crippen MR) is 108 cm³/mol. The number of ether oxygens (including phenoxy) is 1. The molecule has 26 heavy (non-hydrogen) atoms. The second-order valence-corrected chi connectivity index (χ2v) is 6.26. The summed E-state index contributed by atoms with van der Waals surface area (Å²) in [7, 11) is 1.67. The van der Waals surface area contributed by atoms with Crippen LogP contribution in [0.15, 0.2) is 18.3 Å². The molecule has 2 fully saturated rings. The molecule has 2 aliphatic heterocycles. The van der Waals surface area contributed by atoms with Crippen LogP contribution in [-0.2, 0) is 4.79 Å². The fourth-order valence-corrected chi connectivity index (χ4v) is 3.23. The van der Waals surface area contributed by atoms with Crippen molar-refractivity contribution in [3.8, 4) is 5.75 Å². The largest absolute Gasteiger partial charge is 0.497 e. The van der Waals surface area contributed by atoms with Crippen molar-refractivity contribution in [3.63, 3.8) is 0 Å². The van der Waals surface area contributed by atoms with Crippen LogP contribution < -0.4 is 15.0 Å². The molecule has 1 aromatic rings. The standard InChI is InChI=1S/C17H27N5O2.2ClH/c1-24-15-2-4-19-16(14-15)21-12-10-20(11-13-21)7-3-17(23)22-8-5-18-6-9-22;;/h2,4,14,18H,3,5-13H2,1H3;2*1H. The molecule has 1 aromatic heterocycles. The van der Waals surface area contributed by atoms with Crippen LogP contribution in [0.1, 0.15) is 6.42 Å². The Balaban J connectivity index is 0.00000169. The SMILES string of the molecule is COc1ccnc(N2CCN(CCC(=O)N3CCNCC3)CC2)c1.Cl.Cl. The Morgan fingerprint density at radius 1 is 1.15 bits per heavy atom. The molecule has 2 aliphatic rings. The zero-order valence-electron chi connectivity index (χ0n) is 15.2. The van der Waals surface area contributed by atoms with Crippen molar-refractivity contribution in [1.82, 2.24) is 20.1 Å². The van der Waals surface area contributed by atoms with Crippen molar-refractivity contribution in [2.24, 2.45) is 0 Å². The topological polar surface area (TPSA) is 60.9 Å². The van der Waals surface area contributed by atoms with Crippen molar-refractivity contribution in [2.75, 3.05) is 70.9 Å². The minimum absolute atomic E-state index is 0. The van der Waals surface area contributed by atoms with Crippen LogP contribution in [0.4, 0.5) is 5.82 Å². The van der Waals surface area contributed by atoms with E-state index in [2.05, 4.69) is 20.1 Å². The Kier molecular flexibility index (Phi) is 10.0. The zero-order chi connectivity index (χ0) is 16.8. The summed E-state index contributed by atoms with van der Waals surface area (Å²) >= 11 is 0. The third-order valence-electron chi connectivity index (χ3n) is 4.76. The summed E-state index contributed by atoms with van der Waals surface area (Å²) < 4.78 is 5.27. The first kappa shape index (κ1) is 22.8. The van der Waals surface area contributed by atoms with Crippen molar-refractivity contribution in [1.29, 1.82) is 0 Å². The molecule has 0 unspecified atom stereocenters. The summed E-state index contributed by atoms with van der Waals surface area (Å²) in [6, 6.07) is 3.84. The lowest BCUT2D eigenvalue weighted by Crippen LogP contribution is -2.49. The van der Waals surface area contributed by atoms with Gasteiger partial charge in [-0.25, -0.2) is 4.98 Å². The van der Waals surface area contributed by atoms with Gasteiger partial charge < -0.3 is 19.9 Å². The first-order chi connectivity index (χ1) is 11.8. The highest BCUT2D eigenvalue weighted by Gasteiger charge is 2.21. The summed E-state index contributed by atoms with van der Waals surface area (Å²) in [6.45, 7) is 8.16. The van der Waals surface area contributed by atoms with Crippen molar-refractivity contribution < 1.29 is 9.53 Å². The van der Waals surface area contributed by atoms with Crippen LogP contribution in [0.5, 0.6) is 5.75 Å². The number of nitrogens with zero attached hydrogens (tertiary/aromatic N) is 4.